The normalized spacial score (nSPS) is 39.2. The lowest BCUT2D eigenvalue weighted by atomic mass is 9.92. The third-order valence-corrected chi connectivity index (χ3v) is 3.71. The number of ether oxygens (including phenoxy) is 1. The Kier molecular flexibility index (Phi) is 4.00. The van der Waals surface area contributed by atoms with Crippen LogP contribution in [0, 0.1) is 5.92 Å². The van der Waals surface area contributed by atoms with Crippen LogP contribution in [0.4, 0.5) is 0 Å². The van der Waals surface area contributed by atoms with E-state index in [1.807, 2.05) is 0 Å². The molecule has 0 aromatic carbocycles. The molecule has 3 nitrogen and oxygen atoms in total. The minimum absolute atomic E-state index is 0.414. The lowest BCUT2D eigenvalue weighted by molar-refractivity contribution is -0.0237. The van der Waals surface area contributed by atoms with Gasteiger partial charge in [0.2, 0.25) is 0 Å². The lowest BCUT2D eigenvalue weighted by Crippen LogP contribution is -2.51. The van der Waals surface area contributed by atoms with E-state index in [4.69, 9.17) is 4.74 Å². The summed E-state index contributed by atoms with van der Waals surface area (Å²) < 4.78 is 5.56. The van der Waals surface area contributed by atoms with Crippen molar-refractivity contribution in [2.45, 2.75) is 38.8 Å². The summed E-state index contributed by atoms with van der Waals surface area (Å²) in [6.45, 7) is 10.1. The predicted octanol–water partition coefficient (Wildman–Crippen LogP) is 1.10. The highest BCUT2D eigenvalue weighted by molar-refractivity contribution is 4.82. The molecule has 2 rings (SSSR count). The van der Waals surface area contributed by atoms with Crippen LogP contribution in [0.15, 0.2) is 0 Å². The molecule has 3 atom stereocenters. The Morgan fingerprint density at radius 2 is 2.27 bits per heavy atom. The maximum absolute atomic E-state index is 5.56. The van der Waals surface area contributed by atoms with E-state index in [2.05, 4.69) is 24.1 Å². The van der Waals surface area contributed by atoms with Crippen molar-refractivity contribution in [3.8, 4) is 0 Å². The minimum atomic E-state index is 0.414. The van der Waals surface area contributed by atoms with Crippen LogP contribution in [0.5, 0.6) is 0 Å². The lowest BCUT2D eigenvalue weighted by Gasteiger charge is -2.37. The second-order valence-electron chi connectivity index (χ2n) is 5.12. The van der Waals surface area contributed by atoms with Crippen LogP contribution in [0.25, 0.3) is 0 Å². The number of piperidine rings is 1. The first kappa shape index (κ1) is 11.4. The molecule has 15 heavy (non-hydrogen) atoms. The standard InChI is InChI=1S/C12H24N2O/c1-10-4-3-5-13-12(10)9-14-6-7-15-11(2)8-14/h10-13H,3-9H2,1-2H3. The van der Waals surface area contributed by atoms with Crippen LogP contribution in [0.1, 0.15) is 26.7 Å². The van der Waals surface area contributed by atoms with Gasteiger partial charge in [-0.2, -0.15) is 0 Å². The molecule has 3 unspecified atom stereocenters. The monoisotopic (exact) mass is 212 g/mol. The largest absolute Gasteiger partial charge is 0.376 e. The van der Waals surface area contributed by atoms with Gasteiger partial charge in [0.15, 0.2) is 0 Å². The molecular weight excluding hydrogens is 188 g/mol. The molecule has 2 heterocycles. The number of nitrogens with one attached hydrogen (secondary N) is 1. The molecule has 0 aliphatic carbocycles. The highest BCUT2D eigenvalue weighted by atomic mass is 16.5. The Bertz CT molecular complexity index is 198. The molecule has 0 aromatic heterocycles. The fourth-order valence-electron chi connectivity index (χ4n) is 2.69. The van der Waals surface area contributed by atoms with Crippen LogP contribution in [0.2, 0.25) is 0 Å². The van der Waals surface area contributed by atoms with Crippen molar-refractivity contribution in [1.29, 1.82) is 0 Å². The Morgan fingerprint density at radius 3 is 3.00 bits per heavy atom. The molecule has 0 saturated carbocycles. The average Bonchev–Trinajstić information content (AvgIpc) is 2.22. The van der Waals surface area contributed by atoms with E-state index >= 15 is 0 Å². The van der Waals surface area contributed by atoms with Gasteiger partial charge in [0.25, 0.3) is 0 Å². The van der Waals surface area contributed by atoms with Gasteiger partial charge in [0, 0.05) is 25.7 Å². The van der Waals surface area contributed by atoms with E-state index in [1.54, 1.807) is 0 Å². The van der Waals surface area contributed by atoms with Crippen molar-refractivity contribution >= 4 is 0 Å². The summed E-state index contributed by atoms with van der Waals surface area (Å²) in [5, 5.41) is 3.65. The van der Waals surface area contributed by atoms with Crippen molar-refractivity contribution in [3.05, 3.63) is 0 Å². The molecule has 2 fully saturated rings. The fourth-order valence-corrected chi connectivity index (χ4v) is 2.69. The number of nitrogens with zero attached hydrogens (tertiary/aromatic N) is 1. The Hall–Kier alpha value is -0.120. The molecule has 88 valence electrons. The first-order chi connectivity index (χ1) is 7.25. The quantitative estimate of drug-likeness (QED) is 0.742. The molecular formula is C12H24N2O. The molecule has 0 bridgehead atoms. The molecule has 2 aliphatic rings. The zero-order valence-corrected chi connectivity index (χ0v) is 10.0. The molecule has 2 aliphatic heterocycles. The topological polar surface area (TPSA) is 24.5 Å². The second-order valence-corrected chi connectivity index (χ2v) is 5.12. The van der Waals surface area contributed by atoms with E-state index < -0.39 is 0 Å². The molecule has 0 amide bonds. The highest BCUT2D eigenvalue weighted by Crippen LogP contribution is 2.17. The van der Waals surface area contributed by atoms with Gasteiger partial charge in [0.05, 0.1) is 12.7 Å². The molecule has 2 saturated heterocycles. The summed E-state index contributed by atoms with van der Waals surface area (Å²) in [6, 6.07) is 0.698. The highest BCUT2D eigenvalue weighted by Gasteiger charge is 2.25. The van der Waals surface area contributed by atoms with Crippen LogP contribution >= 0.6 is 0 Å². The van der Waals surface area contributed by atoms with Crippen molar-refractivity contribution < 1.29 is 4.74 Å². The van der Waals surface area contributed by atoms with E-state index in [0.717, 1.165) is 25.6 Å². The molecule has 1 N–H and O–H groups in total. The van der Waals surface area contributed by atoms with Gasteiger partial charge in [-0.25, -0.2) is 0 Å². The smallest absolute Gasteiger partial charge is 0.0674 e. The van der Waals surface area contributed by atoms with Gasteiger partial charge in [0.1, 0.15) is 0 Å². The number of morpholine rings is 1. The maximum atomic E-state index is 5.56. The summed E-state index contributed by atoms with van der Waals surface area (Å²) in [5.41, 5.74) is 0. The summed E-state index contributed by atoms with van der Waals surface area (Å²) in [4.78, 5) is 2.55. The van der Waals surface area contributed by atoms with E-state index in [9.17, 15) is 0 Å². The fraction of sp³-hybridized carbons (Fsp3) is 1.00. The number of hydrogen-bond acceptors (Lipinski definition) is 3. The van der Waals surface area contributed by atoms with Crippen molar-refractivity contribution in [2.75, 3.05) is 32.8 Å². The van der Waals surface area contributed by atoms with Gasteiger partial charge >= 0.3 is 0 Å². The summed E-state index contributed by atoms with van der Waals surface area (Å²) in [6.07, 6.45) is 3.15. The van der Waals surface area contributed by atoms with E-state index in [1.165, 1.54) is 25.9 Å². The first-order valence-corrected chi connectivity index (χ1v) is 6.33. The first-order valence-electron chi connectivity index (χ1n) is 6.33. The second kappa shape index (κ2) is 5.28. The molecule has 0 spiro atoms. The summed E-state index contributed by atoms with van der Waals surface area (Å²) >= 11 is 0. The van der Waals surface area contributed by atoms with Gasteiger partial charge in [-0.1, -0.05) is 6.92 Å². The number of hydrogen-bond donors (Lipinski definition) is 1. The molecule has 3 heteroatoms. The van der Waals surface area contributed by atoms with Crippen LogP contribution in [-0.2, 0) is 4.74 Å². The third kappa shape index (κ3) is 3.16. The maximum Gasteiger partial charge on any atom is 0.0674 e. The molecule has 0 aromatic rings. The van der Waals surface area contributed by atoms with E-state index in [0.29, 0.717) is 12.1 Å². The number of rotatable bonds is 2. The van der Waals surface area contributed by atoms with Gasteiger partial charge in [-0.3, -0.25) is 4.90 Å². The zero-order valence-electron chi connectivity index (χ0n) is 10.0. The van der Waals surface area contributed by atoms with Crippen LogP contribution in [0.3, 0.4) is 0 Å². The van der Waals surface area contributed by atoms with Crippen molar-refractivity contribution in [1.82, 2.24) is 10.2 Å². The minimum Gasteiger partial charge on any atom is -0.376 e. The Morgan fingerprint density at radius 1 is 1.40 bits per heavy atom. The van der Waals surface area contributed by atoms with Crippen LogP contribution < -0.4 is 5.32 Å². The third-order valence-electron chi connectivity index (χ3n) is 3.71. The average molecular weight is 212 g/mol. The van der Waals surface area contributed by atoms with E-state index in [-0.39, 0.29) is 0 Å². The van der Waals surface area contributed by atoms with Crippen molar-refractivity contribution in [3.63, 3.8) is 0 Å². The zero-order chi connectivity index (χ0) is 10.7. The molecule has 0 radical (unpaired) electrons. The summed E-state index contributed by atoms with van der Waals surface area (Å²) in [7, 11) is 0. The van der Waals surface area contributed by atoms with Crippen LogP contribution in [-0.4, -0.2) is 49.8 Å². The van der Waals surface area contributed by atoms with Crippen molar-refractivity contribution in [2.24, 2.45) is 5.92 Å². The summed E-state index contributed by atoms with van der Waals surface area (Å²) in [5.74, 6) is 0.830. The predicted molar refractivity (Wildman–Crippen MR) is 62.0 cm³/mol. The van der Waals surface area contributed by atoms with Gasteiger partial charge in [-0.15, -0.1) is 0 Å². The SMILES string of the molecule is CC1CN(CC2NCCCC2C)CCO1. The Balaban J connectivity index is 1.79. The van der Waals surface area contributed by atoms with Gasteiger partial charge in [-0.05, 0) is 32.2 Å². The van der Waals surface area contributed by atoms with Gasteiger partial charge < -0.3 is 10.1 Å². The Labute approximate surface area is 93.2 Å².